The Morgan fingerprint density at radius 2 is 1.44 bits per heavy atom. The standard InChI is InChI=1S/C19H21F3N2O2S/c1-15(16-5-3-2-4-6-16)23-11-13-24(14-12-23)27(25,26)18-9-7-17(8-10-18)19(20,21)22/h2-10,15H,11-14H2,1H3/t15-/m1/s1. The van der Waals surface area contributed by atoms with Crippen molar-refractivity contribution in [2.45, 2.75) is 24.0 Å². The maximum atomic E-state index is 12.7. The van der Waals surface area contributed by atoms with Gasteiger partial charge in [-0.2, -0.15) is 17.5 Å². The third kappa shape index (κ3) is 4.34. The van der Waals surface area contributed by atoms with Crippen LogP contribution in [0.1, 0.15) is 24.1 Å². The molecule has 0 radical (unpaired) electrons. The van der Waals surface area contributed by atoms with E-state index in [4.69, 9.17) is 0 Å². The van der Waals surface area contributed by atoms with E-state index in [0.29, 0.717) is 26.2 Å². The molecule has 0 N–H and O–H groups in total. The van der Waals surface area contributed by atoms with Crippen LogP contribution in [-0.4, -0.2) is 43.8 Å². The van der Waals surface area contributed by atoms with Crippen LogP contribution in [0.15, 0.2) is 59.5 Å². The first-order chi connectivity index (χ1) is 12.7. The highest BCUT2D eigenvalue weighted by molar-refractivity contribution is 7.89. The van der Waals surface area contributed by atoms with Gasteiger partial charge in [-0.3, -0.25) is 4.90 Å². The first kappa shape index (κ1) is 19.9. The molecule has 1 atom stereocenters. The zero-order valence-corrected chi connectivity index (χ0v) is 15.7. The number of hydrogen-bond donors (Lipinski definition) is 0. The normalized spacial score (nSPS) is 18.4. The van der Waals surface area contributed by atoms with Gasteiger partial charge < -0.3 is 0 Å². The molecular weight excluding hydrogens is 377 g/mol. The van der Waals surface area contributed by atoms with E-state index in [9.17, 15) is 21.6 Å². The fourth-order valence-corrected chi connectivity index (χ4v) is 4.66. The largest absolute Gasteiger partial charge is 0.416 e. The molecule has 0 spiro atoms. The lowest BCUT2D eigenvalue weighted by molar-refractivity contribution is -0.137. The fraction of sp³-hybridized carbons (Fsp3) is 0.368. The summed E-state index contributed by atoms with van der Waals surface area (Å²) < 4.78 is 64.8. The van der Waals surface area contributed by atoms with Gasteiger partial charge in [0.1, 0.15) is 0 Å². The molecule has 0 amide bonds. The molecule has 0 aromatic heterocycles. The fourth-order valence-electron chi connectivity index (χ4n) is 3.24. The van der Waals surface area contributed by atoms with Crippen LogP contribution in [0.2, 0.25) is 0 Å². The lowest BCUT2D eigenvalue weighted by Gasteiger charge is -2.37. The lowest BCUT2D eigenvalue weighted by atomic mass is 10.1. The van der Waals surface area contributed by atoms with Crippen molar-refractivity contribution >= 4 is 10.0 Å². The molecule has 1 fully saturated rings. The van der Waals surface area contributed by atoms with Gasteiger partial charge in [-0.05, 0) is 36.8 Å². The van der Waals surface area contributed by atoms with E-state index in [0.717, 1.165) is 29.8 Å². The number of benzene rings is 2. The SMILES string of the molecule is C[C@H](c1ccccc1)N1CCN(S(=O)(=O)c2ccc(C(F)(F)F)cc2)CC1. The quantitative estimate of drug-likeness (QED) is 0.787. The Labute approximate surface area is 157 Å². The summed E-state index contributed by atoms with van der Waals surface area (Å²) in [6.45, 7) is 3.82. The van der Waals surface area contributed by atoms with Crippen LogP contribution >= 0.6 is 0 Å². The molecule has 0 unspecified atom stereocenters. The summed E-state index contributed by atoms with van der Waals surface area (Å²) in [5, 5.41) is 0. The molecule has 0 bridgehead atoms. The number of nitrogens with zero attached hydrogens (tertiary/aromatic N) is 2. The van der Waals surface area contributed by atoms with Crippen molar-refractivity contribution in [3.8, 4) is 0 Å². The van der Waals surface area contributed by atoms with Gasteiger partial charge in [0.2, 0.25) is 10.0 Å². The molecule has 3 rings (SSSR count). The number of piperazine rings is 1. The van der Waals surface area contributed by atoms with Crippen LogP contribution in [0.5, 0.6) is 0 Å². The molecule has 1 saturated heterocycles. The topological polar surface area (TPSA) is 40.6 Å². The molecule has 8 heteroatoms. The smallest absolute Gasteiger partial charge is 0.294 e. The van der Waals surface area contributed by atoms with Crippen molar-refractivity contribution < 1.29 is 21.6 Å². The van der Waals surface area contributed by atoms with Crippen LogP contribution in [0.4, 0.5) is 13.2 Å². The van der Waals surface area contributed by atoms with Crippen molar-refractivity contribution in [3.63, 3.8) is 0 Å². The zero-order chi connectivity index (χ0) is 19.7. The van der Waals surface area contributed by atoms with Crippen molar-refractivity contribution in [3.05, 3.63) is 65.7 Å². The predicted octanol–water partition coefficient (Wildman–Crippen LogP) is 3.77. The van der Waals surface area contributed by atoms with Crippen molar-refractivity contribution in [1.29, 1.82) is 0 Å². The summed E-state index contributed by atoms with van der Waals surface area (Å²) in [6, 6.07) is 13.8. The van der Waals surface area contributed by atoms with Gasteiger partial charge in [-0.15, -0.1) is 0 Å². The van der Waals surface area contributed by atoms with Gasteiger partial charge >= 0.3 is 6.18 Å². The molecule has 4 nitrogen and oxygen atoms in total. The minimum Gasteiger partial charge on any atom is -0.294 e. The number of alkyl halides is 3. The highest BCUT2D eigenvalue weighted by Crippen LogP contribution is 2.30. The van der Waals surface area contributed by atoms with Crippen molar-refractivity contribution in [2.24, 2.45) is 0 Å². The van der Waals surface area contributed by atoms with Crippen LogP contribution in [-0.2, 0) is 16.2 Å². The summed E-state index contributed by atoms with van der Waals surface area (Å²) in [6.07, 6.45) is -4.48. The molecule has 1 aliphatic heterocycles. The minimum atomic E-state index is -4.48. The predicted molar refractivity (Wildman–Crippen MR) is 96.6 cm³/mol. The van der Waals surface area contributed by atoms with E-state index in [2.05, 4.69) is 11.8 Å². The Morgan fingerprint density at radius 1 is 0.889 bits per heavy atom. The van der Waals surface area contributed by atoms with Gasteiger partial charge in [-0.1, -0.05) is 30.3 Å². The van der Waals surface area contributed by atoms with Crippen LogP contribution < -0.4 is 0 Å². The van der Waals surface area contributed by atoms with Gasteiger partial charge in [-0.25, -0.2) is 8.42 Å². The Hall–Kier alpha value is -1.90. The molecule has 27 heavy (non-hydrogen) atoms. The molecule has 2 aromatic rings. The van der Waals surface area contributed by atoms with E-state index >= 15 is 0 Å². The van der Waals surface area contributed by atoms with E-state index in [-0.39, 0.29) is 10.9 Å². The average molecular weight is 398 g/mol. The first-order valence-electron chi connectivity index (χ1n) is 8.66. The number of rotatable bonds is 4. The summed E-state index contributed by atoms with van der Waals surface area (Å²) >= 11 is 0. The van der Waals surface area contributed by atoms with Gasteiger partial charge in [0.25, 0.3) is 0 Å². The van der Waals surface area contributed by atoms with E-state index in [1.165, 1.54) is 4.31 Å². The van der Waals surface area contributed by atoms with Crippen molar-refractivity contribution in [2.75, 3.05) is 26.2 Å². The number of sulfonamides is 1. The van der Waals surface area contributed by atoms with Gasteiger partial charge in [0, 0.05) is 32.2 Å². The third-order valence-electron chi connectivity index (χ3n) is 4.92. The number of hydrogen-bond acceptors (Lipinski definition) is 3. The summed E-state index contributed by atoms with van der Waals surface area (Å²) in [7, 11) is -3.80. The maximum Gasteiger partial charge on any atom is 0.416 e. The summed E-state index contributed by atoms with van der Waals surface area (Å²) in [4.78, 5) is 2.09. The summed E-state index contributed by atoms with van der Waals surface area (Å²) in [5.41, 5.74) is 0.305. The van der Waals surface area contributed by atoms with Crippen LogP contribution in [0, 0.1) is 0 Å². The first-order valence-corrected chi connectivity index (χ1v) is 10.1. The van der Waals surface area contributed by atoms with Gasteiger partial charge in [0.15, 0.2) is 0 Å². The minimum absolute atomic E-state index is 0.111. The molecular formula is C19H21F3N2O2S. The molecule has 1 heterocycles. The Kier molecular flexibility index (Phi) is 5.60. The Balaban J connectivity index is 1.68. The van der Waals surface area contributed by atoms with E-state index in [1.807, 2.05) is 30.3 Å². The molecule has 0 saturated carbocycles. The lowest BCUT2D eigenvalue weighted by Crippen LogP contribution is -2.49. The molecule has 1 aliphatic rings. The number of halogens is 3. The van der Waals surface area contributed by atoms with E-state index < -0.39 is 21.8 Å². The third-order valence-corrected chi connectivity index (χ3v) is 6.84. The second kappa shape index (κ2) is 7.61. The zero-order valence-electron chi connectivity index (χ0n) is 14.9. The molecule has 0 aliphatic carbocycles. The molecule has 2 aromatic carbocycles. The highest BCUT2D eigenvalue weighted by Gasteiger charge is 2.33. The van der Waals surface area contributed by atoms with Crippen LogP contribution in [0.25, 0.3) is 0 Å². The van der Waals surface area contributed by atoms with Crippen LogP contribution in [0.3, 0.4) is 0 Å². The van der Waals surface area contributed by atoms with E-state index in [1.54, 1.807) is 0 Å². The second-order valence-electron chi connectivity index (χ2n) is 6.55. The Morgan fingerprint density at radius 3 is 1.96 bits per heavy atom. The second-order valence-corrected chi connectivity index (χ2v) is 8.49. The Bertz CT molecular complexity index is 860. The monoisotopic (exact) mass is 398 g/mol. The molecule has 146 valence electrons. The average Bonchev–Trinajstić information content (AvgIpc) is 2.67. The van der Waals surface area contributed by atoms with Gasteiger partial charge in [0.05, 0.1) is 10.5 Å². The summed E-state index contributed by atoms with van der Waals surface area (Å²) in [5.74, 6) is 0. The van der Waals surface area contributed by atoms with Crippen molar-refractivity contribution in [1.82, 2.24) is 9.21 Å². The highest BCUT2D eigenvalue weighted by atomic mass is 32.2. The maximum absolute atomic E-state index is 12.7.